The van der Waals surface area contributed by atoms with Crippen molar-refractivity contribution in [2.24, 2.45) is 29.6 Å². The van der Waals surface area contributed by atoms with E-state index in [2.05, 4.69) is 10.6 Å². The minimum absolute atomic E-state index is 0. The largest absolute Gasteiger partial charge is 0.352 e. The van der Waals surface area contributed by atoms with Crippen LogP contribution < -0.4 is 10.6 Å². The lowest BCUT2D eigenvalue weighted by molar-refractivity contribution is -0.123. The summed E-state index contributed by atoms with van der Waals surface area (Å²) in [6, 6.07) is 0.524. The van der Waals surface area contributed by atoms with E-state index >= 15 is 0 Å². The van der Waals surface area contributed by atoms with Gasteiger partial charge < -0.3 is 10.6 Å². The van der Waals surface area contributed by atoms with Gasteiger partial charge in [-0.15, -0.1) is 12.4 Å². The van der Waals surface area contributed by atoms with Crippen molar-refractivity contribution >= 4 is 18.3 Å². The van der Waals surface area contributed by atoms with E-state index in [1.165, 1.54) is 25.7 Å². The van der Waals surface area contributed by atoms with Crippen LogP contribution in [0, 0.1) is 29.6 Å². The molecule has 1 amide bonds. The lowest BCUT2D eigenvalue weighted by Crippen LogP contribution is -2.34. The maximum Gasteiger partial charge on any atom is 0.223 e. The summed E-state index contributed by atoms with van der Waals surface area (Å²) in [4.78, 5) is 12.1. The monoisotopic (exact) mass is 256 g/mol. The molecule has 1 aliphatic heterocycles. The summed E-state index contributed by atoms with van der Waals surface area (Å²) in [7, 11) is 0. The first-order chi connectivity index (χ1) is 7.86. The van der Waals surface area contributed by atoms with Gasteiger partial charge in [-0.05, 0) is 36.5 Å². The maximum absolute atomic E-state index is 12.1. The van der Waals surface area contributed by atoms with Crippen LogP contribution in [0.3, 0.4) is 0 Å². The van der Waals surface area contributed by atoms with Gasteiger partial charge in [0.2, 0.25) is 5.91 Å². The molecule has 0 radical (unpaired) electrons. The fourth-order valence-electron chi connectivity index (χ4n) is 4.27. The van der Waals surface area contributed by atoms with E-state index in [0.717, 1.165) is 36.8 Å². The van der Waals surface area contributed by atoms with E-state index < -0.39 is 0 Å². The van der Waals surface area contributed by atoms with Crippen LogP contribution in [0.5, 0.6) is 0 Å². The predicted octanol–water partition coefficient (Wildman–Crippen LogP) is 1.18. The van der Waals surface area contributed by atoms with Gasteiger partial charge in [0, 0.05) is 25.0 Å². The van der Waals surface area contributed by atoms with E-state index in [1.54, 1.807) is 0 Å². The first-order valence-corrected chi connectivity index (χ1v) is 6.87. The van der Waals surface area contributed by atoms with Crippen molar-refractivity contribution in [3.8, 4) is 0 Å². The van der Waals surface area contributed by atoms with Crippen molar-refractivity contribution in [1.29, 1.82) is 0 Å². The van der Waals surface area contributed by atoms with Gasteiger partial charge in [0.1, 0.15) is 0 Å². The molecule has 4 unspecified atom stereocenters. The molecule has 3 nitrogen and oxygen atoms in total. The van der Waals surface area contributed by atoms with Gasteiger partial charge in [0.05, 0.1) is 0 Å². The van der Waals surface area contributed by atoms with E-state index in [4.69, 9.17) is 0 Å². The summed E-state index contributed by atoms with van der Waals surface area (Å²) >= 11 is 0. The number of carbonyl (C=O) groups excluding carboxylic acids is 1. The van der Waals surface area contributed by atoms with Crippen molar-refractivity contribution in [1.82, 2.24) is 10.6 Å². The molecular formula is C13H21ClN2O. The summed E-state index contributed by atoms with van der Waals surface area (Å²) in [6.45, 7) is 2.24. The van der Waals surface area contributed by atoms with Gasteiger partial charge in [-0.1, -0.05) is 12.8 Å². The molecule has 4 rings (SSSR count). The highest BCUT2D eigenvalue weighted by Gasteiger charge is 2.58. The van der Waals surface area contributed by atoms with E-state index in [0.29, 0.717) is 17.9 Å². The van der Waals surface area contributed by atoms with Crippen molar-refractivity contribution in [3.63, 3.8) is 0 Å². The Kier molecular flexibility index (Phi) is 2.86. The Balaban J connectivity index is 0.000000902. The third-order valence-corrected chi connectivity index (χ3v) is 5.36. The number of hydrogen-bond donors (Lipinski definition) is 2. The van der Waals surface area contributed by atoms with Gasteiger partial charge in [-0.2, -0.15) is 0 Å². The molecule has 1 saturated heterocycles. The van der Waals surface area contributed by atoms with Gasteiger partial charge >= 0.3 is 0 Å². The molecule has 0 aromatic heterocycles. The molecule has 2 N–H and O–H groups in total. The zero-order valence-electron chi connectivity index (χ0n) is 10.0. The van der Waals surface area contributed by atoms with E-state index in [-0.39, 0.29) is 12.4 Å². The molecule has 96 valence electrons. The molecule has 0 aromatic rings. The zero-order valence-corrected chi connectivity index (χ0v) is 10.8. The molecule has 4 atom stereocenters. The standard InChI is InChI=1S/C13H20N2O.ClH/c16-13(11-7-3-1-2-4-8(7)11)15-12-9-5-14-6-10(9)12;/h7-12,14H,1-6H2,(H,15,16);1H. The van der Waals surface area contributed by atoms with Crippen LogP contribution in [-0.2, 0) is 4.79 Å². The number of fused-ring (bicyclic) bond motifs is 2. The van der Waals surface area contributed by atoms with Crippen LogP contribution in [0.1, 0.15) is 25.7 Å². The lowest BCUT2D eigenvalue weighted by atomic mass is 10.0. The Labute approximate surface area is 109 Å². The van der Waals surface area contributed by atoms with Gasteiger partial charge in [0.15, 0.2) is 0 Å². The minimum Gasteiger partial charge on any atom is -0.352 e. The van der Waals surface area contributed by atoms with Gasteiger partial charge in [-0.3, -0.25) is 4.79 Å². The molecule has 4 aliphatic rings. The Morgan fingerprint density at radius 3 is 2.18 bits per heavy atom. The number of nitrogens with one attached hydrogen (secondary N) is 2. The van der Waals surface area contributed by atoms with Crippen molar-refractivity contribution in [2.75, 3.05) is 13.1 Å². The molecule has 4 fully saturated rings. The predicted molar refractivity (Wildman–Crippen MR) is 68.0 cm³/mol. The number of hydrogen-bond acceptors (Lipinski definition) is 2. The Hall–Kier alpha value is -0.280. The van der Waals surface area contributed by atoms with Crippen LogP contribution in [0.25, 0.3) is 0 Å². The summed E-state index contributed by atoms with van der Waals surface area (Å²) in [5.41, 5.74) is 0. The summed E-state index contributed by atoms with van der Waals surface area (Å²) in [6.07, 6.45) is 5.32. The van der Waals surface area contributed by atoms with Crippen LogP contribution in [0.2, 0.25) is 0 Å². The number of halogens is 1. The smallest absolute Gasteiger partial charge is 0.223 e. The topological polar surface area (TPSA) is 41.1 Å². The van der Waals surface area contributed by atoms with E-state index in [9.17, 15) is 4.79 Å². The average Bonchev–Trinajstić information content (AvgIpc) is 3.11. The second-order valence-electron chi connectivity index (χ2n) is 6.16. The van der Waals surface area contributed by atoms with Gasteiger partial charge in [-0.25, -0.2) is 0 Å². The third-order valence-electron chi connectivity index (χ3n) is 5.36. The molecule has 0 aromatic carbocycles. The highest BCUT2D eigenvalue weighted by atomic mass is 35.5. The highest BCUT2D eigenvalue weighted by Crippen LogP contribution is 2.56. The Morgan fingerprint density at radius 2 is 1.59 bits per heavy atom. The fourth-order valence-corrected chi connectivity index (χ4v) is 4.27. The minimum atomic E-state index is 0. The normalized spacial score (nSPS) is 49.6. The number of amides is 1. The maximum atomic E-state index is 12.1. The number of carbonyl (C=O) groups is 1. The lowest BCUT2D eigenvalue weighted by Gasteiger charge is -2.07. The first-order valence-electron chi connectivity index (χ1n) is 6.87. The second kappa shape index (κ2) is 4.13. The summed E-state index contributed by atoms with van der Waals surface area (Å²) in [5, 5.41) is 6.66. The van der Waals surface area contributed by atoms with Crippen LogP contribution >= 0.6 is 12.4 Å². The molecule has 4 heteroatoms. The SMILES string of the molecule is Cl.O=C(NC1C2CNCC21)C1C2CCCCC21. The van der Waals surface area contributed by atoms with Crippen molar-refractivity contribution in [2.45, 2.75) is 31.7 Å². The summed E-state index contributed by atoms with van der Waals surface area (Å²) < 4.78 is 0. The first kappa shape index (κ1) is 11.8. The third kappa shape index (κ3) is 1.78. The summed E-state index contributed by atoms with van der Waals surface area (Å²) in [5.74, 6) is 3.80. The van der Waals surface area contributed by atoms with Crippen molar-refractivity contribution in [3.05, 3.63) is 0 Å². The molecule has 3 saturated carbocycles. The zero-order chi connectivity index (χ0) is 10.7. The number of rotatable bonds is 2. The van der Waals surface area contributed by atoms with Gasteiger partial charge in [0.25, 0.3) is 0 Å². The van der Waals surface area contributed by atoms with Crippen molar-refractivity contribution < 1.29 is 4.79 Å². The molecule has 0 spiro atoms. The van der Waals surface area contributed by atoms with Crippen LogP contribution in [0.4, 0.5) is 0 Å². The molecule has 3 aliphatic carbocycles. The highest BCUT2D eigenvalue weighted by molar-refractivity contribution is 5.85. The van der Waals surface area contributed by atoms with E-state index in [1.807, 2.05) is 0 Å². The average molecular weight is 257 g/mol. The molecule has 1 heterocycles. The molecule has 0 bridgehead atoms. The number of piperidine rings is 1. The molecule has 17 heavy (non-hydrogen) atoms. The van der Waals surface area contributed by atoms with Crippen LogP contribution in [-0.4, -0.2) is 25.0 Å². The molecular weight excluding hydrogens is 236 g/mol. The second-order valence-corrected chi connectivity index (χ2v) is 6.16. The quantitative estimate of drug-likeness (QED) is 0.779. The fraction of sp³-hybridized carbons (Fsp3) is 0.923. The Bertz CT molecular complexity index is 313. The Morgan fingerprint density at radius 1 is 1.00 bits per heavy atom. The van der Waals surface area contributed by atoms with Crippen LogP contribution in [0.15, 0.2) is 0 Å².